The molecule has 5 rings (SSSR count). The fraction of sp³-hybridized carbons (Fsp3) is 0.346. The van der Waals surface area contributed by atoms with Crippen LogP contribution in [0.1, 0.15) is 54.8 Å². The Morgan fingerprint density at radius 3 is 2.72 bits per heavy atom. The summed E-state index contributed by atoms with van der Waals surface area (Å²) >= 11 is 5.96. The SMILES string of the molecule is Cc1cc(Nc2cc(NC3CCC(CC(=O)CC#N)CC3)nn3c(C(=O)Nc4ccnc(Cl)c4)cnc23)no1. The van der Waals surface area contributed by atoms with Gasteiger partial charge in [0.15, 0.2) is 17.2 Å². The number of carbonyl (C=O) groups excluding carboxylic acids is 2. The van der Waals surface area contributed by atoms with E-state index in [0.717, 1.165) is 25.7 Å². The fourth-order valence-corrected chi connectivity index (χ4v) is 4.90. The molecule has 4 heterocycles. The molecule has 0 radical (unpaired) electrons. The number of aromatic nitrogens is 5. The van der Waals surface area contributed by atoms with E-state index in [0.29, 0.717) is 40.8 Å². The number of hydrogen-bond acceptors (Lipinski definition) is 10. The van der Waals surface area contributed by atoms with Crippen molar-refractivity contribution in [3.05, 3.63) is 53.3 Å². The Kier molecular flexibility index (Phi) is 7.69. The lowest BCUT2D eigenvalue weighted by Crippen LogP contribution is -2.28. The summed E-state index contributed by atoms with van der Waals surface area (Å²) in [6, 6.07) is 8.83. The van der Waals surface area contributed by atoms with Crippen LogP contribution in [-0.4, -0.2) is 42.5 Å². The van der Waals surface area contributed by atoms with Gasteiger partial charge in [-0.05, 0) is 50.7 Å². The summed E-state index contributed by atoms with van der Waals surface area (Å²) in [5, 5.41) is 27.2. The number of nitrogens with one attached hydrogen (secondary N) is 3. The van der Waals surface area contributed by atoms with Gasteiger partial charge in [0.25, 0.3) is 5.91 Å². The lowest BCUT2D eigenvalue weighted by atomic mass is 9.83. The number of imidazole rings is 1. The van der Waals surface area contributed by atoms with Crippen LogP contribution < -0.4 is 16.0 Å². The molecule has 0 unspecified atom stereocenters. The molecule has 0 atom stereocenters. The number of halogens is 1. The molecule has 39 heavy (non-hydrogen) atoms. The Morgan fingerprint density at radius 2 is 2.00 bits per heavy atom. The molecule has 0 saturated heterocycles. The summed E-state index contributed by atoms with van der Waals surface area (Å²) in [7, 11) is 0. The maximum absolute atomic E-state index is 13.2. The lowest BCUT2D eigenvalue weighted by Gasteiger charge is -2.29. The summed E-state index contributed by atoms with van der Waals surface area (Å²) in [5.41, 5.74) is 1.73. The molecular weight excluding hydrogens is 522 g/mol. The molecular formula is C26H26ClN9O3. The average molecular weight is 548 g/mol. The highest BCUT2D eigenvalue weighted by Gasteiger charge is 2.24. The van der Waals surface area contributed by atoms with E-state index < -0.39 is 5.91 Å². The molecule has 12 nitrogen and oxygen atoms in total. The number of nitriles is 1. The fourth-order valence-electron chi connectivity index (χ4n) is 4.73. The van der Waals surface area contributed by atoms with Crippen LogP contribution in [0.25, 0.3) is 5.65 Å². The van der Waals surface area contributed by atoms with Gasteiger partial charge in [-0.1, -0.05) is 16.8 Å². The number of amides is 1. The number of Topliss-reactive ketones (excluding diaryl/α,β-unsaturated/α-hetero) is 1. The van der Waals surface area contributed by atoms with Crippen LogP contribution in [0, 0.1) is 24.2 Å². The smallest absolute Gasteiger partial charge is 0.276 e. The maximum Gasteiger partial charge on any atom is 0.276 e. The first-order valence-electron chi connectivity index (χ1n) is 12.5. The highest BCUT2D eigenvalue weighted by atomic mass is 35.5. The monoisotopic (exact) mass is 547 g/mol. The lowest BCUT2D eigenvalue weighted by molar-refractivity contribution is -0.119. The molecule has 1 aliphatic carbocycles. The van der Waals surface area contributed by atoms with Gasteiger partial charge in [-0.25, -0.2) is 14.5 Å². The van der Waals surface area contributed by atoms with Gasteiger partial charge in [-0.2, -0.15) is 5.26 Å². The summed E-state index contributed by atoms with van der Waals surface area (Å²) in [5.74, 6) is 1.56. The summed E-state index contributed by atoms with van der Waals surface area (Å²) in [4.78, 5) is 33.4. The van der Waals surface area contributed by atoms with Crippen LogP contribution in [0.3, 0.4) is 0 Å². The maximum atomic E-state index is 13.2. The molecule has 0 aromatic carbocycles. The van der Waals surface area contributed by atoms with Crippen molar-refractivity contribution in [1.29, 1.82) is 5.26 Å². The van der Waals surface area contributed by atoms with E-state index in [1.54, 1.807) is 25.1 Å². The first-order valence-corrected chi connectivity index (χ1v) is 12.9. The van der Waals surface area contributed by atoms with Crippen molar-refractivity contribution in [2.24, 2.45) is 5.92 Å². The van der Waals surface area contributed by atoms with E-state index in [2.05, 4.69) is 36.2 Å². The Hall–Kier alpha value is -4.50. The van der Waals surface area contributed by atoms with E-state index in [9.17, 15) is 9.59 Å². The van der Waals surface area contributed by atoms with Crippen LogP contribution in [0.2, 0.25) is 5.15 Å². The third-order valence-corrected chi connectivity index (χ3v) is 6.77. The zero-order chi connectivity index (χ0) is 27.4. The van der Waals surface area contributed by atoms with Gasteiger partial charge in [0.1, 0.15) is 22.5 Å². The van der Waals surface area contributed by atoms with Crippen LogP contribution >= 0.6 is 11.6 Å². The van der Waals surface area contributed by atoms with Crippen molar-refractivity contribution in [2.45, 2.75) is 51.5 Å². The molecule has 4 aromatic rings. The molecule has 1 aliphatic rings. The Balaban J connectivity index is 1.39. The molecule has 0 bridgehead atoms. The van der Waals surface area contributed by atoms with Gasteiger partial charge in [0.2, 0.25) is 0 Å². The number of aryl methyl sites for hydroxylation is 1. The van der Waals surface area contributed by atoms with E-state index in [1.165, 1.54) is 16.9 Å². The first kappa shape index (κ1) is 26.1. The largest absolute Gasteiger partial charge is 0.366 e. The predicted molar refractivity (Wildman–Crippen MR) is 144 cm³/mol. The van der Waals surface area contributed by atoms with E-state index >= 15 is 0 Å². The van der Waals surface area contributed by atoms with Crippen molar-refractivity contribution in [3.8, 4) is 6.07 Å². The number of nitrogens with zero attached hydrogens (tertiary/aromatic N) is 6. The van der Waals surface area contributed by atoms with Gasteiger partial charge in [-0.15, -0.1) is 5.10 Å². The molecule has 1 fully saturated rings. The Morgan fingerprint density at radius 1 is 1.18 bits per heavy atom. The van der Waals surface area contributed by atoms with Gasteiger partial charge in [0.05, 0.1) is 24.4 Å². The Labute approximate surface area is 228 Å². The highest BCUT2D eigenvalue weighted by Crippen LogP contribution is 2.30. The van der Waals surface area contributed by atoms with Crippen molar-refractivity contribution in [1.82, 2.24) is 24.7 Å². The van der Waals surface area contributed by atoms with Crippen LogP contribution in [0.4, 0.5) is 23.0 Å². The second-order valence-electron chi connectivity index (χ2n) is 9.53. The van der Waals surface area contributed by atoms with Crippen molar-refractivity contribution in [2.75, 3.05) is 16.0 Å². The summed E-state index contributed by atoms with van der Waals surface area (Å²) in [6.45, 7) is 1.79. The van der Waals surface area contributed by atoms with Gasteiger partial charge < -0.3 is 20.5 Å². The molecule has 4 aromatic heterocycles. The minimum atomic E-state index is -0.416. The number of anilines is 4. The second kappa shape index (κ2) is 11.5. The van der Waals surface area contributed by atoms with E-state index in [-0.39, 0.29) is 35.0 Å². The number of rotatable bonds is 9. The summed E-state index contributed by atoms with van der Waals surface area (Å²) in [6.07, 6.45) is 6.85. The van der Waals surface area contributed by atoms with Crippen molar-refractivity contribution in [3.63, 3.8) is 0 Å². The normalized spacial score (nSPS) is 16.9. The van der Waals surface area contributed by atoms with Gasteiger partial charge in [-0.3, -0.25) is 9.59 Å². The third-order valence-electron chi connectivity index (χ3n) is 6.57. The molecule has 13 heteroatoms. The molecule has 0 spiro atoms. The summed E-state index contributed by atoms with van der Waals surface area (Å²) < 4.78 is 6.65. The topological polar surface area (TPSA) is 163 Å². The number of hydrogen-bond donors (Lipinski definition) is 3. The molecule has 200 valence electrons. The molecule has 1 saturated carbocycles. The number of pyridine rings is 1. The van der Waals surface area contributed by atoms with Crippen LogP contribution in [0.5, 0.6) is 0 Å². The second-order valence-corrected chi connectivity index (χ2v) is 9.92. The molecule has 1 amide bonds. The Bertz CT molecular complexity index is 1550. The first-order chi connectivity index (χ1) is 18.9. The van der Waals surface area contributed by atoms with Gasteiger partial charge in [0, 0.05) is 36.5 Å². The zero-order valence-corrected chi connectivity index (χ0v) is 21.9. The minimum Gasteiger partial charge on any atom is -0.366 e. The van der Waals surface area contributed by atoms with E-state index in [1.807, 2.05) is 12.1 Å². The minimum absolute atomic E-state index is 0.000197. The highest BCUT2D eigenvalue weighted by molar-refractivity contribution is 6.29. The molecule has 3 N–H and O–H groups in total. The zero-order valence-electron chi connectivity index (χ0n) is 21.1. The number of fused-ring (bicyclic) bond motifs is 1. The van der Waals surface area contributed by atoms with Crippen LogP contribution in [-0.2, 0) is 4.79 Å². The third kappa shape index (κ3) is 6.32. The van der Waals surface area contributed by atoms with Crippen LogP contribution in [0.15, 0.2) is 41.2 Å². The van der Waals surface area contributed by atoms with Gasteiger partial charge >= 0.3 is 0 Å². The van der Waals surface area contributed by atoms with E-state index in [4.69, 9.17) is 21.4 Å². The number of ketones is 1. The molecule has 0 aliphatic heterocycles. The quantitative estimate of drug-likeness (QED) is 0.245. The standard InChI is InChI=1S/C26H26ClN9O3/c1-15-10-24(35-39-15)33-20-13-23(31-17-4-2-16(3-5-17)11-19(37)6-8-28)34-36-21(14-30-25(20)36)26(38)32-18-7-9-29-22(27)12-18/h7,9-10,12-14,16-17H,2-6,11H2,1H3,(H,31,34)(H,33,35)(H,29,32,38). The average Bonchev–Trinajstić information content (AvgIpc) is 3.51. The predicted octanol–water partition coefficient (Wildman–Crippen LogP) is 4.91. The van der Waals surface area contributed by atoms with Crippen molar-refractivity contribution >= 4 is 51.9 Å². The number of carbonyl (C=O) groups is 2. The van der Waals surface area contributed by atoms with Crippen molar-refractivity contribution < 1.29 is 14.1 Å².